The van der Waals surface area contributed by atoms with Crippen LogP contribution in [0.5, 0.6) is 28.7 Å². The van der Waals surface area contributed by atoms with Gasteiger partial charge in [0.2, 0.25) is 5.75 Å². The number of hydrogen-bond acceptors (Lipinski definition) is 6. The van der Waals surface area contributed by atoms with Crippen LogP contribution >= 0.6 is 0 Å². The van der Waals surface area contributed by atoms with Gasteiger partial charge in [-0.15, -0.1) is 0 Å². The largest absolute Gasteiger partial charge is 0.541 e. The predicted octanol–water partition coefficient (Wildman–Crippen LogP) is 6.46. The summed E-state index contributed by atoms with van der Waals surface area (Å²) in [6, 6.07) is 7.61. The van der Waals surface area contributed by atoms with E-state index >= 15 is 0 Å². The zero-order valence-electron chi connectivity index (χ0n) is 22.8. The molecule has 7 heteroatoms. The third-order valence-electron chi connectivity index (χ3n) is 7.66. The Bertz CT molecular complexity index is 1020. The predicted molar refractivity (Wildman–Crippen MR) is 142 cm³/mol. The quantitative estimate of drug-likeness (QED) is 0.439. The van der Waals surface area contributed by atoms with Gasteiger partial charge in [-0.05, 0) is 73.1 Å². The molecule has 1 unspecified atom stereocenters. The van der Waals surface area contributed by atoms with E-state index in [-0.39, 0.29) is 5.04 Å². The van der Waals surface area contributed by atoms with Gasteiger partial charge in [-0.3, -0.25) is 0 Å². The number of ether oxygens (including phenoxy) is 4. The van der Waals surface area contributed by atoms with Gasteiger partial charge in [0.1, 0.15) is 11.4 Å². The average Bonchev–Trinajstić information content (AvgIpc) is 2.80. The van der Waals surface area contributed by atoms with Crippen molar-refractivity contribution in [2.45, 2.75) is 76.6 Å². The molecule has 0 fully saturated rings. The molecule has 0 amide bonds. The highest BCUT2D eigenvalue weighted by molar-refractivity contribution is 6.74. The van der Waals surface area contributed by atoms with Crippen LogP contribution < -0.4 is 23.4 Å². The first-order valence-electron chi connectivity index (χ1n) is 12.4. The van der Waals surface area contributed by atoms with Gasteiger partial charge in [0.25, 0.3) is 8.32 Å². The Hall–Kier alpha value is -2.38. The molecular formula is C28H42O6Si. The van der Waals surface area contributed by atoms with E-state index in [1.807, 2.05) is 24.3 Å². The first-order valence-corrected chi connectivity index (χ1v) is 15.3. The van der Waals surface area contributed by atoms with Crippen LogP contribution in [0.3, 0.4) is 0 Å². The van der Waals surface area contributed by atoms with Crippen LogP contribution in [-0.4, -0.2) is 41.9 Å². The monoisotopic (exact) mass is 502 g/mol. The van der Waals surface area contributed by atoms with Crippen LogP contribution in [-0.2, 0) is 12.0 Å². The van der Waals surface area contributed by atoms with E-state index in [4.69, 9.17) is 23.4 Å². The molecule has 0 spiro atoms. The van der Waals surface area contributed by atoms with Gasteiger partial charge in [-0.2, -0.15) is 0 Å². The molecule has 35 heavy (non-hydrogen) atoms. The second-order valence-corrected chi connectivity index (χ2v) is 15.5. The van der Waals surface area contributed by atoms with Gasteiger partial charge < -0.3 is 28.5 Å². The minimum Gasteiger partial charge on any atom is -0.541 e. The zero-order valence-corrected chi connectivity index (χ0v) is 23.8. The number of fused-ring (bicyclic) bond motifs is 1. The Morgan fingerprint density at radius 3 is 1.91 bits per heavy atom. The lowest BCUT2D eigenvalue weighted by atomic mass is 9.76. The van der Waals surface area contributed by atoms with E-state index in [1.165, 1.54) is 0 Å². The number of rotatable bonds is 7. The molecule has 2 aromatic rings. The van der Waals surface area contributed by atoms with Crippen molar-refractivity contribution in [1.29, 1.82) is 0 Å². The van der Waals surface area contributed by atoms with Crippen LogP contribution in [0.2, 0.25) is 18.1 Å². The van der Waals surface area contributed by atoms with Gasteiger partial charge >= 0.3 is 0 Å². The Kier molecular flexibility index (Phi) is 8.01. The SMILES string of the molecule is COc1cc(C2(O)CCCCCc3c2ccc(OC)c3O[Si](C)(C)C(C)(C)C)cc(OC)c1OC. The maximum Gasteiger partial charge on any atom is 0.250 e. The van der Waals surface area contributed by atoms with E-state index in [1.54, 1.807) is 28.4 Å². The van der Waals surface area contributed by atoms with E-state index in [9.17, 15) is 5.11 Å². The van der Waals surface area contributed by atoms with E-state index in [2.05, 4.69) is 33.9 Å². The van der Waals surface area contributed by atoms with Crippen molar-refractivity contribution >= 4 is 8.32 Å². The van der Waals surface area contributed by atoms with Crippen molar-refractivity contribution in [3.05, 3.63) is 41.0 Å². The minimum absolute atomic E-state index is 0.0232. The van der Waals surface area contributed by atoms with E-state index in [0.29, 0.717) is 35.0 Å². The number of methoxy groups -OCH3 is 4. The summed E-state index contributed by atoms with van der Waals surface area (Å²) in [6.07, 6.45) is 4.33. The first-order chi connectivity index (χ1) is 16.4. The molecule has 0 saturated carbocycles. The van der Waals surface area contributed by atoms with Gasteiger partial charge in [0.05, 0.1) is 28.4 Å². The highest BCUT2D eigenvalue weighted by Gasteiger charge is 2.42. The topological polar surface area (TPSA) is 66.4 Å². The second kappa shape index (κ2) is 10.3. The molecular weight excluding hydrogens is 460 g/mol. The normalized spacial score (nSPS) is 18.7. The third-order valence-corrected chi connectivity index (χ3v) is 12.0. The molecule has 0 bridgehead atoms. The number of aliphatic hydroxyl groups is 1. The lowest BCUT2D eigenvalue weighted by Crippen LogP contribution is -2.44. The van der Waals surface area contributed by atoms with Crippen molar-refractivity contribution in [2.24, 2.45) is 0 Å². The van der Waals surface area contributed by atoms with Crippen molar-refractivity contribution in [3.63, 3.8) is 0 Å². The molecule has 0 aromatic heterocycles. The summed E-state index contributed by atoms with van der Waals surface area (Å²) >= 11 is 0. The first kappa shape index (κ1) is 27.2. The summed E-state index contributed by atoms with van der Waals surface area (Å²) in [7, 11) is 4.27. The van der Waals surface area contributed by atoms with Gasteiger partial charge in [0.15, 0.2) is 17.2 Å². The van der Waals surface area contributed by atoms with Crippen molar-refractivity contribution in [1.82, 2.24) is 0 Å². The molecule has 0 aliphatic heterocycles. The van der Waals surface area contributed by atoms with Crippen LogP contribution in [0.15, 0.2) is 24.3 Å². The molecule has 6 nitrogen and oxygen atoms in total. The maximum absolute atomic E-state index is 12.4. The summed E-state index contributed by atoms with van der Waals surface area (Å²) in [4.78, 5) is 0. The lowest BCUT2D eigenvalue weighted by molar-refractivity contribution is 0.0643. The van der Waals surface area contributed by atoms with Crippen LogP contribution in [0.25, 0.3) is 0 Å². The van der Waals surface area contributed by atoms with Crippen LogP contribution in [0, 0.1) is 0 Å². The Labute approximate surface area is 211 Å². The van der Waals surface area contributed by atoms with Gasteiger partial charge in [0, 0.05) is 5.56 Å². The average molecular weight is 503 g/mol. The van der Waals surface area contributed by atoms with Gasteiger partial charge in [-0.25, -0.2) is 0 Å². The van der Waals surface area contributed by atoms with E-state index in [0.717, 1.165) is 42.6 Å². The summed E-state index contributed by atoms with van der Waals surface area (Å²) in [5, 5.41) is 12.4. The van der Waals surface area contributed by atoms with E-state index < -0.39 is 13.9 Å². The Morgan fingerprint density at radius 1 is 0.800 bits per heavy atom. The molecule has 194 valence electrons. The second-order valence-electron chi connectivity index (χ2n) is 10.8. The fourth-order valence-corrected chi connectivity index (χ4v) is 5.58. The summed E-state index contributed by atoms with van der Waals surface area (Å²) in [6.45, 7) is 11.2. The van der Waals surface area contributed by atoms with Crippen molar-refractivity contribution < 1.29 is 28.5 Å². The summed E-state index contributed by atoms with van der Waals surface area (Å²) in [5.41, 5.74) is 1.32. The fourth-order valence-electron chi connectivity index (χ4n) is 4.54. The molecule has 0 radical (unpaired) electrons. The summed E-state index contributed by atoms with van der Waals surface area (Å²) < 4.78 is 29.4. The molecule has 0 saturated heterocycles. The van der Waals surface area contributed by atoms with Crippen LogP contribution in [0.1, 0.15) is 63.1 Å². The van der Waals surface area contributed by atoms with Crippen molar-refractivity contribution in [2.75, 3.05) is 28.4 Å². The zero-order chi connectivity index (χ0) is 26.0. The lowest BCUT2D eigenvalue weighted by Gasteiger charge is -2.39. The third kappa shape index (κ3) is 5.12. The molecule has 1 N–H and O–H groups in total. The number of hydrogen-bond donors (Lipinski definition) is 1. The highest BCUT2D eigenvalue weighted by atomic mass is 28.4. The number of benzene rings is 2. The molecule has 1 aliphatic rings. The molecule has 0 heterocycles. The maximum atomic E-state index is 12.4. The van der Waals surface area contributed by atoms with Crippen LogP contribution in [0.4, 0.5) is 0 Å². The van der Waals surface area contributed by atoms with Gasteiger partial charge in [-0.1, -0.05) is 33.3 Å². The molecule has 1 aliphatic carbocycles. The highest BCUT2D eigenvalue weighted by Crippen LogP contribution is 2.50. The standard InChI is InChI=1S/C28H42O6Si/c1-27(2,3)35(8,9)34-25-20-13-11-10-12-16-28(29,21(20)14-15-22(25)30-4)19-17-23(31-5)26(33-7)24(18-19)32-6/h14-15,17-18,29H,10-13,16H2,1-9H3. The molecule has 1 atom stereocenters. The molecule has 2 aromatic carbocycles. The Morgan fingerprint density at radius 2 is 1.40 bits per heavy atom. The Balaban J connectivity index is 2.29. The fraction of sp³-hybridized carbons (Fsp3) is 0.571. The van der Waals surface area contributed by atoms with Crippen molar-refractivity contribution in [3.8, 4) is 28.7 Å². The smallest absolute Gasteiger partial charge is 0.250 e. The minimum atomic E-state index is -2.17. The summed E-state index contributed by atoms with van der Waals surface area (Å²) in [5.74, 6) is 3.02. The molecule has 3 rings (SSSR count).